The molecular formula is C36H32Cl2SiZr-2. The molecule has 0 spiro atoms. The molecule has 0 aliphatic heterocycles. The van der Waals surface area contributed by atoms with Crippen LogP contribution >= 0.6 is 0 Å². The van der Waals surface area contributed by atoms with E-state index >= 15 is 0 Å². The van der Waals surface area contributed by atoms with Crippen LogP contribution in [0.1, 0.15) is 35.1 Å². The molecule has 0 radical (unpaired) electrons. The van der Waals surface area contributed by atoms with Gasteiger partial charge in [0.15, 0.2) is 0 Å². The monoisotopic (exact) mass is 652 g/mol. The molecule has 40 heavy (non-hydrogen) atoms. The molecule has 0 saturated carbocycles. The van der Waals surface area contributed by atoms with E-state index in [-0.39, 0.29) is 30.2 Å². The van der Waals surface area contributed by atoms with Gasteiger partial charge in [0, 0.05) is 0 Å². The molecule has 6 rings (SSSR count). The maximum absolute atomic E-state index is 3.45. The summed E-state index contributed by atoms with van der Waals surface area (Å²) in [5.41, 5.74) is 10.3. The third-order valence-corrected chi connectivity index (χ3v) is 6.00. The van der Waals surface area contributed by atoms with Gasteiger partial charge in [-0.05, 0) is 0 Å². The summed E-state index contributed by atoms with van der Waals surface area (Å²) in [4.78, 5) is 0. The zero-order valence-electron chi connectivity index (χ0n) is 22.9. The van der Waals surface area contributed by atoms with Gasteiger partial charge in [-0.25, -0.2) is 0 Å². The van der Waals surface area contributed by atoms with Crippen molar-refractivity contribution >= 4 is 27.7 Å². The first-order chi connectivity index (χ1) is 18.6. The molecule has 4 aromatic rings. The number of benzene rings is 4. The zero-order chi connectivity index (χ0) is 26.6. The molecule has 0 N–H and O–H groups in total. The Morgan fingerprint density at radius 3 is 1.00 bits per heavy atom. The number of halogens is 2. The van der Waals surface area contributed by atoms with Gasteiger partial charge in [0.05, 0.1) is 0 Å². The minimum atomic E-state index is 0. The summed E-state index contributed by atoms with van der Waals surface area (Å²) in [5, 5.41) is 0. The molecule has 0 aromatic heterocycles. The van der Waals surface area contributed by atoms with Gasteiger partial charge in [0.2, 0.25) is 0 Å². The first-order valence-corrected chi connectivity index (χ1v) is 19.2. The molecule has 4 heteroatoms. The van der Waals surface area contributed by atoms with Crippen molar-refractivity contribution in [2.45, 2.75) is 25.9 Å². The zero-order valence-corrected chi connectivity index (χ0v) is 27.8. The van der Waals surface area contributed by atoms with Crippen molar-refractivity contribution in [3.63, 3.8) is 0 Å². The maximum Gasteiger partial charge on any atom is -0.0623 e. The van der Waals surface area contributed by atoms with Crippen molar-refractivity contribution in [3.8, 4) is 0 Å². The van der Waals surface area contributed by atoms with E-state index in [0.29, 0.717) is 0 Å². The minimum absolute atomic E-state index is 0. The van der Waals surface area contributed by atoms with Crippen LogP contribution in [0, 0.1) is 12.2 Å². The SMILES string of the molecule is C[Si](C)=[Zr+2].[C-]1=C(c2ccccc2)C(c2ccccc2)=CC1.[C-]1=C(c2ccccc2)C(c2ccccc2)=CC1.[Cl-].[Cl-]. The summed E-state index contributed by atoms with van der Waals surface area (Å²) < 4.78 is 0. The predicted molar refractivity (Wildman–Crippen MR) is 162 cm³/mol. The van der Waals surface area contributed by atoms with Crippen molar-refractivity contribution in [3.05, 3.63) is 168 Å². The molecule has 0 atom stereocenters. The molecule has 2 aliphatic carbocycles. The third-order valence-electron chi connectivity index (χ3n) is 6.00. The van der Waals surface area contributed by atoms with E-state index in [1.54, 1.807) is 23.3 Å². The van der Waals surface area contributed by atoms with Crippen LogP contribution < -0.4 is 24.8 Å². The standard InChI is InChI=1S/2C17H13.C2H6Si.2ClH.Zr/c2*1-3-8-14(9-4-1)16-12-7-13-17(16)15-10-5-2-6-11-15;1-3-2;;;/h2*1-6,8-12H,7H2;1-2H3;2*1H;/q2*-1;;;;+2/p-2. The van der Waals surface area contributed by atoms with E-state index in [2.05, 4.69) is 147 Å². The summed E-state index contributed by atoms with van der Waals surface area (Å²) in [5.74, 6) is 0. The van der Waals surface area contributed by atoms with Crippen molar-refractivity contribution in [1.82, 2.24) is 0 Å². The van der Waals surface area contributed by atoms with E-state index < -0.39 is 0 Å². The van der Waals surface area contributed by atoms with E-state index in [1.165, 1.54) is 44.5 Å². The summed E-state index contributed by atoms with van der Waals surface area (Å²) in [6.07, 6.45) is 13.2. The molecule has 4 aromatic carbocycles. The van der Waals surface area contributed by atoms with Gasteiger partial charge < -0.3 is 24.8 Å². The van der Waals surface area contributed by atoms with Gasteiger partial charge >= 0.3 is 41.9 Å². The summed E-state index contributed by atoms with van der Waals surface area (Å²) in [6.45, 7) is 4.62. The van der Waals surface area contributed by atoms with Crippen molar-refractivity contribution in [1.29, 1.82) is 0 Å². The number of rotatable bonds is 4. The van der Waals surface area contributed by atoms with Crippen molar-refractivity contribution in [2.75, 3.05) is 0 Å². The van der Waals surface area contributed by atoms with E-state index in [0.717, 1.165) is 12.8 Å². The van der Waals surface area contributed by atoms with Gasteiger partial charge in [0.25, 0.3) is 0 Å². The molecule has 0 amide bonds. The number of hydrogen-bond acceptors (Lipinski definition) is 0. The van der Waals surface area contributed by atoms with E-state index in [1.807, 2.05) is 12.1 Å². The Bertz CT molecular complexity index is 1240. The van der Waals surface area contributed by atoms with Gasteiger partial charge in [-0.2, -0.15) is 23.3 Å². The second kappa shape index (κ2) is 18.1. The van der Waals surface area contributed by atoms with Gasteiger partial charge in [-0.3, -0.25) is 0 Å². The molecule has 2 aliphatic rings. The van der Waals surface area contributed by atoms with Crippen LogP contribution in [0.5, 0.6) is 0 Å². The molecule has 0 saturated heterocycles. The summed E-state index contributed by atoms with van der Waals surface area (Å²) in [6, 6.07) is 42.0. The van der Waals surface area contributed by atoms with Crippen molar-refractivity contribution in [2.24, 2.45) is 0 Å². The molecule has 200 valence electrons. The van der Waals surface area contributed by atoms with E-state index in [9.17, 15) is 0 Å². The number of hydrogen-bond donors (Lipinski definition) is 0. The molecule has 0 nitrogen and oxygen atoms in total. The molecule has 0 heterocycles. The molecule has 0 bridgehead atoms. The fourth-order valence-electron chi connectivity index (χ4n) is 4.39. The number of allylic oxidation sites excluding steroid dienone is 8. The second-order valence-corrected chi connectivity index (χ2v) is 18.6. The second-order valence-electron chi connectivity index (χ2n) is 9.21. The maximum atomic E-state index is 3.45. The summed E-state index contributed by atoms with van der Waals surface area (Å²) in [7, 11) is 0. The van der Waals surface area contributed by atoms with Crippen LogP contribution in [0.15, 0.2) is 133 Å². The Labute approximate surface area is 267 Å². The smallest absolute Gasteiger partial charge is 0.0623 e. The van der Waals surface area contributed by atoms with Crippen LogP contribution in [0.2, 0.25) is 13.1 Å². The van der Waals surface area contributed by atoms with Crippen LogP contribution in [0.25, 0.3) is 22.3 Å². The Balaban J connectivity index is 0.000000237. The molecule has 0 fully saturated rings. The average Bonchev–Trinajstić information content (AvgIpc) is 3.66. The third kappa shape index (κ3) is 9.86. The van der Waals surface area contributed by atoms with Crippen LogP contribution in [-0.2, 0) is 23.3 Å². The Morgan fingerprint density at radius 2 is 0.725 bits per heavy atom. The average molecular weight is 655 g/mol. The Kier molecular flexibility index (Phi) is 15.2. The largest absolute Gasteiger partial charge is 1.00 e. The molecule has 0 unspecified atom stereocenters. The Morgan fingerprint density at radius 1 is 0.475 bits per heavy atom. The van der Waals surface area contributed by atoms with Gasteiger partial charge in [0.1, 0.15) is 0 Å². The fourth-order valence-corrected chi connectivity index (χ4v) is 4.39. The van der Waals surface area contributed by atoms with Crippen LogP contribution in [0.4, 0.5) is 0 Å². The van der Waals surface area contributed by atoms with Gasteiger partial charge in [-0.1, -0.05) is 121 Å². The minimum Gasteiger partial charge on any atom is -1.00 e. The van der Waals surface area contributed by atoms with Gasteiger partial charge in [-0.15, -0.1) is 58.7 Å². The molecular weight excluding hydrogens is 623 g/mol. The van der Waals surface area contributed by atoms with Crippen LogP contribution in [-0.4, -0.2) is 5.43 Å². The summed E-state index contributed by atoms with van der Waals surface area (Å²) >= 11 is 1.74. The predicted octanol–water partition coefficient (Wildman–Crippen LogP) is 3.51. The normalized spacial score (nSPS) is 12.9. The Hall–Kier alpha value is -2.48. The first-order valence-electron chi connectivity index (χ1n) is 13.0. The quantitative estimate of drug-likeness (QED) is 0.234. The van der Waals surface area contributed by atoms with E-state index in [4.69, 9.17) is 0 Å². The topological polar surface area (TPSA) is 0 Å². The first kappa shape index (κ1) is 33.7. The fraction of sp³-hybridized carbons (Fsp3) is 0.111. The van der Waals surface area contributed by atoms with Crippen molar-refractivity contribution < 1.29 is 48.1 Å². The van der Waals surface area contributed by atoms with Crippen LogP contribution in [0.3, 0.4) is 0 Å².